The number of urea groups is 1. The Morgan fingerprint density at radius 2 is 2.00 bits per heavy atom. The molecule has 24 heavy (non-hydrogen) atoms. The molecule has 3 amide bonds. The Balaban J connectivity index is 1.55. The molecule has 128 valence electrons. The molecule has 2 heterocycles. The number of benzene rings is 1. The number of likely N-dealkylation sites (tertiary alicyclic amines) is 1. The van der Waals surface area contributed by atoms with Crippen LogP contribution in [0.5, 0.6) is 0 Å². The number of amides is 3. The van der Waals surface area contributed by atoms with Crippen molar-refractivity contribution in [3.05, 3.63) is 29.8 Å². The number of fused-ring (bicyclic) bond motifs is 1. The number of carbonyl (C=O) groups is 3. The van der Waals surface area contributed by atoms with Crippen LogP contribution in [-0.4, -0.2) is 54.1 Å². The highest BCUT2D eigenvalue weighted by Gasteiger charge is 2.31. The lowest BCUT2D eigenvalue weighted by molar-refractivity contribution is -0.141. The molecule has 7 nitrogen and oxygen atoms in total. The third-order valence-corrected chi connectivity index (χ3v) is 4.63. The van der Waals surface area contributed by atoms with Gasteiger partial charge >= 0.3 is 12.0 Å². The number of carboxylic acid groups (broad SMARTS) is 1. The van der Waals surface area contributed by atoms with Gasteiger partial charge in [0, 0.05) is 25.3 Å². The number of carbonyl (C=O) groups excluding carboxylic acids is 2. The summed E-state index contributed by atoms with van der Waals surface area (Å²) in [5.74, 6) is -1.55. The molecule has 2 aliphatic rings. The van der Waals surface area contributed by atoms with Gasteiger partial charge in [-0.25, -0.2) is 4.79 Å². The molecule has 2 N–H and O–H groups in total. The lowest BCUT2D eigenvalue weighted by atomic mass is 10.0. The molecule has 1 atom stereocenters. The molecule has 0 aliphatic carbocycles. The van der Waals surface area contributed by atoms with Crippen LogP contribution in [0.15, 0.2) is 24.3 Å². The van der Waals surface area contributed by atoms with Crippen LogP contribution < -0.4 is 10.2 Å². The molecule has 0 aromatic heterocycles. The summed E-state index contributed by atoms with van der Waals surface area (Å²) in [6.07, 6.45) is 2.32. The molecule has 0 radical (unpaired) electrons. The molecule has 1 aromatic carbocycles. The lowest BCUT2D eigenvalue weighted by Crippen LogP contribution is -2.46. The van der Waals surface area contributed by atoms with Gasteiger partial charge in [-0.3, -0.25) is 9.59 Å². The van der Waals surface area contributed by atoms with E-state index in [4.69, 9.17) is 5.11 Å². The Labute approximate surface area is 140 Å². The van der Waals surface area contributed by atoms with E-state index in [0.717, 1.165) is 24.1 Å². The fourth-order valence-electron chi connectivity index (χ4n) is 3.30. The zero-order chi connectivity index (χ0) is 17.1. The van der Waals surface area contributed by atoms with E-state index in [2.05, 4.69) is 5.32 Å². The van der Waals surface area contributed by atoms with E-state index in [1.54, 1.807) is 4.90 Å². The quantitative estimate of drug-likeness (QED) is 0.867. The molecule has 0 saturated carbocycles. The maximum Gasteiger partial charge on any atom is 0.317 e. The number of para-hydroxylation sites is 1. The molecule has 1 aromatic rings. The normalized spacial score (nSPS) is 19.8. The van der Waals surface area contributed by atoms with E-state index in [1.807, 2.05) is 24.3 Å². The average molecular weight is 331 g/mol. The summed E-state index contributed by atoms with van der Waals surface area (Å²) in [6, 6.07) is 7.42. The first-order valence-electron chi connectivity index (χ1n) is 8.20. The Kier molecular flexibility index (Phi) is 4.69. The summed E-state index contributed by atoms with van der Waals surface area (Å²) in [7, 11) is 0. The van der Waals surface area contributed by atoms with Gasteiger partial charge in [0.15, 0.2) is 0 Å². The Morgan fingerprint density at radius 3 is 2.75 bits per heavy atom. The van der Waals surface area contributed by atoms with E-state index in [1.165, 1.54) is 4.90 Å². The van der Waals surface area contributed by atoms with Gasteiger partial charge < -0.3 is 20.2 Å². The number of hydrogen-bond donors (Lipinski definition) is 2. The van der Waals surface area contributed by atoms with Gasteiger partial charge in [-0.05, 0) is 30.9 Å². The number of nitrogens with one attached hydrogen (secondary N) is 1. The zero-order valence-corrected chi connectivity index (χ0v) is 13.4. The minimum Gasteiger partial charge on any atom is -0.481 e. The van der Waals surface area contributed by atoms with Gasteiger partial charge in [0.25, 0.3) is 0 Å². The van der Waals surface area contributed by atoms with Crippen LogP contribution in [0.1, 0.15) is 18.4 Å². The molecule has 1 fully saturated rings. The molecule has 1 saturated heterocycles. The van der Waals surface area contributed by atoms with Gasteiger partial charge in [-0.2, -0.15) is 0 Å². The Hall–Kier alpha value is -2.57. The van der Waals surface area contributed by atoms with Gasteiger partial charge in [0.2, 0.25) is 5.91 Å². The second kappa shape index (κ2) is 6.90. The smallest absolute Gasteiger partial charge is 0.317 e. The fourth-order valence-corrected chi connectivity index (χ4v) is 3.30. The van der Waals surface area contributed by atoms with Crippen molar-refractivity contribution < 1.29 is 19.5 Å². The van der Waals surface area contributed by atoms with Crippen molar-refractivity contribution in [1.82, 2.24) is 10.2 Å². The Bertz CT molecular complexity index is 661. The SMILES string of the molecule is O=C(O)C1CCN(C(=O)NCC(=O)N2CCCc3ccccc32)C1. The number of aryl methyl sites for hydroxylation is 1. The van der Waals surface area contributed by atoms with E-state index < -0.39 is 11.9 Å². The highest BCUT2D eigenvalue weighted by atomic mass is 16.4. The van der Waals surface area contributed by atoms with Crippen LogP contribution in [0.2, 0.25) is 0 Å². The average Bonchev–Trinajstić information content (AvgIpc) is 3.09. The molecule has 2 aliphatic heterocycles. The van der Waals surface area contributed by atoms with Crippen LogP contribution in [0.3, 0.4) is 0 Å². The summed E-state index contributed by atoms with van der Waals surface area (Å²) in [5, 5.41) is 11.6. The topological polar surface area (TPSA) is 90.0 Å². The van der Waals surface area contributed by atoms with E-state index in [9.17, 15) is 14.4 Å². The predicted octanol–water partition coefficient (Wildman–Crippen LogP) is 1.08. The maximum absolute atomic E-state index is 12.5. The number of aliphatic carboxylic acids is 1. The fraction of sp³-hybridized carbons (Fsp3) is 0.471. The van der Waals surface area contributed by atoms with Gasteiger partial charge in [0.1, 0.15) is 0 Å². The summed E-state index contributed by atoms with van der Waals surface area (Å²) in [6.45, 7) is 1.17. The highest BCUT2D eigenvalue weighted by Crippen LogP contribution is 2.26. The van der Waals surface area contributed by atoms with Gasteiger partial charge in [-0.1, -0.05) is 18.2 Å². The number of rotatable bonds is 3. The largest absolute Gasteiger partial charge is 0.481 e. The van der Waals surface area contributed by atoms with E-state index >= 15 is 0 Å². The van der Waals surface area contributed by atoms with Crippen molar-refractivity contribution in [3.63, 3.8) is 0 Å². The van der Waals surface area contributed by atoms with Gasteiger partial charge in [-0.15, -0.1) is 0 Å². The zero-order valence-electron chi connectivity index (χ0n) is 13.4. The van der Waals surface area contributed by atoms with E-state index in [0.29, 0.717) is 19.5 Å². The number of anilines is 1. The molecular weight excluding hydrogens is 310 g/mol. The highest BCUT2D eigenvalue weighted by molar-refractivity contribution is 5.97. The lowest BCUT2D eigenvalue weighted by Gasteiger charge is -2.29. The van der Waals surface area contributed by atoms with Crippen LogP contribution in [-0.2, 0) is 16.0 Å². The Morgan fingerprint density at radius 1 is 1.21 bits per heavy atom. The van der Waals surface area contributed by atoms with Crippen LogP contribution in [0.25, 0.3) is 0 Å². The van der Waals surface area contributed by atoms with Crippen molar-refractivity contribution in [3.8, 4) is 0 Å². The van der Waals surface area contributed by atoms with Crippen LogP contribution in [0.4, 0.5) is 10.5 Å². The minimum absolute atomic E-state index is 0.0819. The second-order valence-electron chi connectivity index (χ2n) is 6.21. The maximum atomic E-state index is 12.5. The molecule has 7 heteroatoms. The number of carboxylic acids is 1. The van der Waals surface area contributed by atoms with Crippen molar-refractivity contribution in [2.45, 2.75) is 19.3 Å². The molecular formula is C17H21N3O4. The van der Waals surface area contributed by atoms with Crippen molar-refractivity contribution >= 4 is 23.6 Å². The van der Waals surface area contributed by atoms with Crippen molar-refractivity contribution in [1.29, 1.82) is 0 Å². The van der Waals surface area contributed by atoms with Crippen LogP contribution in [0, 0.1) is 5.92 Å². The summed E-state index contributed by atoms with van der Waals surface area (Å²) in [4.78, 5) is 38.7. The summed E-state index contributed by atoms with van der Waals surface area (Å²) in [5.41, 5.74) is 2.06. The first-order valence-corrected chi connectivity index (χ1v) is 8.20. The molecule has 1 unspecified atom stereocenters. The van der Waals surface area contributed by atoms with Crippen LogP contribution >= 0.6 is 0 Å². The predicted molar refractivity (Wildman–Crippen MR) is 87.8 cm³/mol. The monoisotopic (exact) mass is 331 g/mol. The van der Waals surface area contributed by atoms with Crippen molar-refractivity contribution in [2.75, 3.05) is 31.1 Å². The molecule has 0 bridgehead atoms. The standard InChI is InChI=1S/C17H21N3O4/c21-15(20-8-3-5-12-4-1-2-6-14(12)20)10-18-17(24)19-9-7-13(11-19)16(22)23/h1-2,4,6,13H,3,5,7-11H2,(H,18,24)(H,22,23). The third kappa shape index (κ3) is 3.34. The second-order valence-corrected chi connectivity index (χ2v) is 6.21. The van der Waals surface area contributed by atoms with Crippen molar-refractivity contribution in [2.24, 2.45) is 5.92 Å². The summed E-state index contributed by atoms with van der Waals surface area (Å²) >= 11 is 0. The molecule has 0 spiro atoms. The minimum atomic E-state index is -0.883. The summed E-state index contributed by atoms with van der Waals surface area (Å²) < 4.78 is 0. The first-order chi connectivity index (χ1) is 11.6. The first kappa shape index (κ1) is 16.3. The van der Waals surface area contributed by atoms with E-state index in [-0.39, 0.29) is 25.0 Å². The molecule has 3 rings (SSSR count). The number of nitrogens with zero attached hydrogens (tertiary/aromatic N) is 2. The number of hydrogen-bond acceptors (Lipinski definition) is 3. The third-order valence-electron chi connectivity index (χ3n) is 4.63. The van der Waals surface area contributed by atoms with Gasteiger partial charge in [0.05, 0.1) is 12.5 Å².